The molecular formula is C18H23N7OS. The Morgan fingerprint density at radius 2 is 2.00 bits per heavy atom. The third-order valence-corrected chi connectivity index (χ3v) is 5.10. The minimum absolute atomic E-state index is 0.0122. The molecule has 27 heavy (non-hydrogen) atoms. The zero-order chi connectivity index (χ0) is 19.2. The molecule has 0 aliphatic rings. The highest BCUT2D eigenvalue weighted by atomic mass is 32.2. The smallest absolute Gasteiger partial charge is 0.230 e. The summed E-state index contributed by atoms with van der Waals surface area (Å²) in [5.74, 6) is 1.05. The van der Waals surface area contributed by atoms with E-state index in [0.717, 1.165) is 35.7 Å². The standard InChI is InChI=1S/C18H23N7OS/c1-13-11-14(2)25(23-13)10-4-7-20-16(26)12-27-18-22-21-17(24(18)3)15-5-8-19-9-6-15/h5-6,8-9,11H,4,7,10,12H2,1-3H3,(H,20,26). The van der Waals surface area contributed by atoms with E-state index in [0.29, 0.717) is 17.5 Å². The number of amides is 1. The maximum atomic E-state index is 12.1. The molecule has 3 rings (SSSR count). The summed E-state index contributed by atoms with van der Waals surface area (Å²) in [5, 5.41) is 16.4. The molecule has 8 nitrogen and oxygen atoms in total. The van der Waals surface area contributed by atoms with Gasteiger partial charge in [0.05, 0.1) is 11.4 Å². The number of nitrogens with zero attached hydrogens (tertiary/aromatic N) is 6. The summed E-state index contributed by atoms with van der Waals surface area (Å²) in [6.07, 6.45) is 4.28. The summed E-state index contributed by atoms with van der Waals surface area (Å²) in [5.41, 5.74) is 3.10. The fraction of sp³-hybridized carbons (Fsp3) is 0.389. The third-order valence-electron chi connectivity index (χ3n) is 4.08. The van der Waals surface area contributed by atoms with Gasteiger partial charge in [-0.25, -0.2) is 0 Å². The molecule has 9 heteroatoms. The lowest BCUT2D eigenvalue weighted by Crippen LogP contribution is -2.27. The molecule has 0 aliphatic heterocycles. The Bertz CT molecular complexity index is 904. The largest absolute Gasteiger partial charge is 0.355 e. The summed E-state index contributed by atoms with van der Waals surface area (Å²) in [7, 11) is 1.89. The van der Waals surface area contributed by atoms with Gasteiger partial charge in [0.1, 0.15) is 0 Å². The monoisotopic (exact) mass is 385 g/mol. The van der Waals surface area contributed by atoms with Crippen LogP contribution in [0.1, 0.15) is 17.8 Å². The lowest BCUT2D eigenvalue weighted by Gasteiger charge is -2.07. The average Bonchev–Trinajstić information content (AvgIpc) is 3.19. The normalized spacial score (nSPS) is 10.9. The number of carbonyl (C=O) groups is 1. The number of hydrogen-bond acceptors (Lipinski definition) is 6. The average molecular weight is 385 g/mol. The first-order valence-electron chi connectivity index (χ1n) is 8.75. The van der Waals surface area contributed by atoms with Crippen molar-refractivity contribution < 1.29 is 4.79 Å². The molecule has 0 atom stereocenters. The van der Waals surface area contributed by atoms with Gasteiger partial charge < -0.3 is 9.88 Å². The van der Waals surface area contributed by atoms with Crippen LogP contribution in [-0.4, -0.2) is 47.7 Å². The van der Waals surface area contributed by atoms with Crippen LogP contribution in [0.2, 0.25) is 0 Å². The van der Waals surface area contributed by atoms with Gasteiger partial charge in [-0.15, -0.1) is 10.2 Å². The van der Waals surface area contributed by atoms with Crippen LogP contribution in [0, 0.1) is 13.8 Å². The Labute approximate surface area is 162 Å². The number of rotatable bonds is 8. The van der Waals surface area contributed by atoms with Gasteiger partial charge in [0, 0.05) is 43.8 Å². The summed E-state index contributed by atoms with van der Waals surface area (Å²) in [6, 6.07) is 5.82. The van der Waals surface area contributed by atoms with Gasteiger partial charge in [-0.05, 0) is 38.5 Å². The lowest BCUT2D eigenvalue weighted by atomic mass is 10.2. The predicted octanol–water partition coefficient (Wildman–Crippen LogP) is 1.99. The van der Waals surface area contributed by atoms with Crippen LogP contribution >= 0.6 is 11.8 Å². The van der Waals surface area contributed by atoms with E-state index >= 15 is 0 Å². The molecule has 0 radical (unpaired) electrons. The van der Waals surface area contributed by atoms with Gasteiger partial charge in [0.25, 0.3) is 0 Å². The molecule has 0 saturated heterocycles. The number of nitrogens with one attached hydrogen (secondary N) is 1. The second kappa shape index (κ2) is 8.81. The Kier molecular flexibility index (Phi) is 6.23. The van der Waals surface area contributed by atoms with Crippen molar-refractivity contribution >= 4 is 17.7 Å². The molecule has 0 fully saturated rings. The van der Waals surface area contributed by atoms with Gasteiger partial charge in [0.2, 0.25) is 5.91 Å². The minimum atomic E-state index is -0.0122. The van der Waals surface area contributed by atoms with Crippen molar-refractivity contribution in [3.63, 3.8) is 0 Å². The predicted molar refractivity (Wildman–Crippen MR) is 104 cm³/mol. The summed E-state index contributed by atoms with van der Waals surface area (Å²) in [4.78, 5) is 16.1. The Balaban J connectivity index is 1.43. The van der Waals surface area contributed by atoms with Crippen LogP contribution in [0.25, 0.3) is 11.4 Å². The molecule has 3 heterocycles. The number of hydrogen-bond donors (Lipinski definition) is 1. The highest BCUT2D eigenvalue weighted by Crippen LogP contribution is 2.21. The van der Waals surface area contributed by atoms with Crippen molar-refractivity contribution in [3.8, 4) is 11.4 Å². The van der Waals surface area contributed by atoms with Gasteiger partial charge >= 0.3 is 0 Å². The van der Waals surface area contributed by atoms with Crippen molar-refractivity contribution in [1.29, 1.82) is 0 Å². The van der Waals surface area contributed by atoms with E-state index in [1.807, 2.05) is 42.3 Å². The van der Waals surface area contributed by atoms with Crippen LogP contribution in [0.4, 0.5) is 0 Å². The molecule has 0 spiro atoms. The number of pyridine rings is 1. The van der Waals surface area contributed by atoms with E-state index in [1.54, 1.807) is 12.4 Å². The van der Waals surface area contributed by atoms with Crippen LogP contribution in [0.3, 0.4) is 0 Å². The number of aromatic nitrogens is 6. The van der Waals surface area contributed by atoms with Gasteiger partial charge in [-0.1, -0.05) is 11.8 Å². The molecule has 0 unspecified atom stereocenters. The van der Waals surface area contributed by atoms with Crippen molar-refractivity contribution in [2.24, 2.45) is 7.05 Å². The molecular weight excluding hydrogens is 362 g/mol. The highest BCUT2D eigenvalue weighted by molar-refractivity contribution is 7.99. The maximum Gasteiger partial charge on any atom is 0.230 e. The van der Waals surface area contributed by atoms with E-state index in [4.69, 9.17) is 0 Å². The molecule has 1 amide bonds. The van der Waals surface area contributed by atoms with Crippen LogP contribution in [-0.2, 0) is 18.4 Å². The molecule has 0 aliphatic carbocycles. The number of carbonyl (C=O) groups excluding carboxylic acids is 1. The third kappa shape index (κ3) is 4.94. The molecule has 1 N–H and O–H groups in total. The fourth-order valence-corrected chi connectivity index (χ4v) is 3.47. The first-order chi connectivity index (χ1) is 13.0. The van der Waals surface area contributed by atoms with Crippen molar-refractivity contribution in [2.75, 3.05) is 12.3 Å². The molecule has 142 valence electrons. The van der Waals surface area contributed by atoms with Crippen LogP contribution in [0.15, 0.2) is 35.7 Å². The Hall–Kier alpha value is -2.68. The first kappa shape index (κ1) is 19.1. The summed E-state index contributed by atoms with van der Waals surface area (Å²) >= 11 is 1.37. The number of thioether (sulfide) groups is 1. The summed E-state index contributed by atoms with van der Waals surface area (Å²) in [6.45, 7) is 5.44. The van der Waals surface area contributed by atoms with Gasteiger partial charge in [-0.2, -0.15) is 5.10 Å². The molecule has 3 aromatic heterocycles. The number of aryl methyl sites for hydroxylation is 3. The van der Waals surface area contributed by atoms with E-state index in [1.165, 1.54) is 11.8 Å². The van der Waals surface area contributed by atoms with Crippen molar-refractivity contribution in [1.82, 2.24) is 34.8 Å². The van der Waals surface area contributed by atoms with E-state index in [-0.39, 0.29) is 5.91 Å². The minimum Gasteiger partial charge on any atom is -0.355 e. The molecule has 0 bridgehead atoms. The Morgan fingerprint density at radius 3 is 2.70 bits per heavy atom. The van der Waals surface area contributed by atoms with E-state index in [9.17, 15) is 4.79 Å². The zero-order valence-corrected chi connectivity index (χ0v) is 16.5. The van der Waals surface area contributed by atoms with Crippen molar-refractivity contribution in [2.45, 2.75) is 32.0 Å². The maximum absolute atomic E-state index is 12.1. The molecule has 0 aromatic carbocycles. The summed E-state index contributed by atoms with van der Waals surface area (Å²) < 4.78 is 3.85. The Morgan fingerprint density at radius 1 is 1.22 bits per heavy atom. The SMILES string of the molecule is Cc1cc(C)n(CCCNC(=O)CSc2nnc(-c3ccncc3)n2C)n1. The van der Waals surface area contributed by atoms with Crippen molar-refractivity contribution in [3.05, 3.63) is 42.0 Å². The topological polar surface area (TPSA) is 90.5 Å². The van der Waals surface area contributed by atoms with Crippen LogP contribution in [0.5, 0.6) is 0 Å². The van der Waals surface area contributed by atoms with E-state index in [2.05, 4.69) is 31.7 Å². The van der Waals surface area contributed by atoms with Gasteiger partial charge in [0.15, 0.2) is 11.0 Å². The zero-order valence-electron chi connectivity index (χ0n) is 15.7. The van der Waals surface area contributed by atoms with E-state index < -0.39 is 0 Å². The van der Waals surface area contributed by atoms with Crippen LogP contribution < -0.4 is 5.32 Å². The molecule has 0 saturated carbocycles. The quantitative estimate of drug-likeness (QED) is 0.471. The first-order valence-corrected chi connectivity index (χ1v) is 9.73. The lowest BCUT2D eigenvalue weighted by molar-refractivity contribution is -0.118. The second-order valence-corrected chi connectivity index (χ2v) is 7.19. The fourth-order valence-electron chi connectivity index (χ4n) is 2.73. The molecule has 3 aromatic rings. The second-order valence-electron chi connectivity index (χ2n) is 6.24. The highest BCUT2D eigenvalue weighted by Gasteiger charge is 2.12. The van der Waals surface area contributed by atoms with Gasteiger partial charge in [-0.3, -0.25) is 14.5 Å².